The van der Waals surface area contributed by atoms with Crippen LogP contribution in [0.15, 0.2) is 66.9 Å². The number of benzene rings is 2. The lowest BCUT2D eigenvalue weighted by Crippen LogP contribution is -2.34. The van der Waals surface area contributed by atoms with E-state index in [1.54, 1.807) is 24.3 Å². The Morgan fingerprint density at radius 2 is 1.78 bits per heavy atom. The maximum Gasteiger partial charge on any atom is 0.268 e. The number of ether oxygens (including phenoxy) is 5. The number of carbonyl (C=O) groups excluding carboxylic acids is 1. The summed E-state index contributed by atoms with van der Waals surface area (Å²) in [4.78, 5) is 19.3. The Labute approximate surface area is 244 Å². The van der Waals surface area contributed by atoms with Crippen molar-refractivity contribution in [2.45, 2.75) is 57.7 Å². The number of rotatable bonds is 14. The molecule has 0 spiro atoms. The van der Waals surface area contributed by atoms with E-state index in [0.717, 1.165) is 22.9 Å². The summed E-state index contributed by atoms with van der Waals surface area (Å²) in [5.74, 6) is 1.44. The number of carbonyl (C=O) groups is 1. The highest BCUT2D eigenvalue weighted by atomic mass is 28.3. The van der Waals surface area contributed by atoms with E-state index < -0.39 is 19.8 Å². The van der Waals surface area contributed by atoms with Crippen LogP contribution in [0.5, 0.6) is 17.4 Å². The van der Waals surface area contributed by atoms with Crippen LogP contribution in [-0.4, -0.2) is 64.3 Å². The summed E-state index contributed by atoms with van der Waals surface area (Å²) < 4.78 is 29.2. The molecule has 2 heterocycles. The topological polar surface area (TPSA) is 79.4 Å². The second-order valence-corrected chi connectivity index (χ2v) is 17.6. The minimum atomic E-state index is -1.13. The summed E-state index contributed by atoms with van der Waals surface area (Å²) in [7, 11) is 0.456. The second kappa shape index (κ2) is 13.5. The third kappa shape index (κ3) is 8.79. The predicted molar refractivity (Wildman–Crippen MR) is 164 cm³/mol. The van der Waals surface area contributed by atoms with Gasteiger partial charge in [0.15, 0.2) is 17.6 Å². The van der Waals surface area contributed by atoms with Crippen molar-refractivity contribution < 1.29 is 28.5 Å². The van der Waals surface area contributed by atoms with Gasteiger partial charge in [-0.3, -0.25) is 4.79 Å². The Balaban J connectivity index is 1.30. The highest BCUT2D eigenvalue weighted by molar-refractivity contribution is 6.76. The average Bonchev–Trinajstić information content (AvgIpc) is 3.31. The average molecular weight is 579 g/mol. The molecular formula is C32H42N2O6Si. The number of hydrogen-bond acceptors (Lipinski definition) is 7. The van der Waals surface area contributed by atoms with E-state index in [1.807, 2.05) is 68.4 Å². The van der Waals surface area contributed by atoms with Gasteiger partial charge in [0.2, 0.25) is 5.88 Å². The maximum atomic E-state index is 13.2. The molecule has 3 aromatic rings. The standard InChI is InChI=1S/C32H42N2O6Si/c1-32(2,39-23-37-18-19-41(4,5)6)22-38-27-14-13-26(20-29(27)36-3)34-17-16-28(31(34)35)40-30-15-12-25(21-33-30)24-10-8-7-9-11-24/h7-15,20-21,28H,16-19,22-23H2,1-6H3. The zero-order chi connectivity index (χ0) is 29.5. The molecule has 1 aliphatic heterocycles. The van der Waals surface area contributed by atoms with Crippen molar-refractivity contribution in [3.05, 3.63) is 66.9 Å². The van der Waals surface area contributed by atoms with Gasteiger partial charge in [0.1, 0.15) is 13.4 Å². The van der Waals surface area contributed by atoms with Gasteiger partial charge in [-0.25, -0.2) is 4.98 Å². The molecule has 4 rings (SSSR count). The van der Waals surface area contributed by atoms with E-state index in [1.165, 1.54) is 0 Å². The van der Waals surface area contributed by atoms with Gasteiger partial charge in [0.25, 0.3) is 5.91 Å². The number of aromatic nitrogens is 1. The summed E-state index contributed by atoms with van der Waals surface area (Å²) >= 11 is 0. The fourth-order valence-corrected chi connectivity index (χ4v) is 5.05. The summed E-state index contributed by atoms with van der Waals surface area (Å²) in [6.07, 6.45) is 1.73. The monoisotopic (exact) mass is 578 g/mol. The number of nitrogens with zero attached hydrogens (tertiary/aromatic N) is 2. The molecule has 2 aromatic carbocycles. The van der Waals surface area contributed by atoms with Gasteiger partial charge < -0.3 is 28.6 Å². The lowest BCUT2D eigenvalue weighted by molar-refractivity contribution is -0.137. The van der Waals surface area contributed by atoms with Crippen molar-refractivity contribution in [3.63, 3.8) is 0 Å². The summed E-state index contributed by atoms with van der Waals surface area (Å²) in [6, 6.07) is 20.4. The predicted octanol–water partition coefficient (Wildman–Crippen LogP) is 6.43. The molecular weight excluding hydrogens is 536 g/mol. The molecule has 1 unspecified atom stereocenters. The number of hydrogen-bond donors (Lipinski definition) is 0. The molecule has 1 fully saturated rings. The molecule has 1 atom stereocenters. The molecule has 1 amide bonds. The van der Waals surface area contributed by atoms with Crippen molar-refractivity contribution in [3.8, 4) is 28.5 Å². The summed E-state index contributed by atoms with van der Waals surface area (Å²) in [6.45, 7) is 12.7. The molecule has 220 valence electrons. The third-order valence-electron chi connectivity index (χ3n) is 6.83. The van der Waals surface area contributed by atoms with Crippen LogP contribution in [0.25, 0.3) is 11.1 Å². The van der Waals surface area contributed by atoms with Gasteiger partial charge in [-0.1, -0.05) is 50.0 Å². The summed E-state index contributed by atoms with van der Waals surface area (Å²) in [5, 5.41) is 0. The Morgan fingerprint density at radius 1 is 1.00 bits per heavy atom. The molecule has 9 heteroatoms. The number of pyridine rings is 1. The SMILES string of the molecule is COc1cc(N2CCC(Oc3ccc(-c4ccccc4)cn3)C2=O)ccc1OCC(C)(C)OCOCC[Si](C)(C)C. The first kappa shape index (κ1) is 30.6. The Bertz CT molecular complexity index is 1280. The number of amides is 1. The van der Waals surface area contributed by atoms with Crippen molar-refractivity contribution in [1.29, 1.82) is 0 Å². The summed E-state index contributed by atoms with van der Waals surface area (Å²) in [5.41, 5.74) is 2.25. The largest absolute Gasteiger partial charge is 0.493 e. The van der Waals surface area contributed by atoms with Crippen molar-refractivity contribution in [2.24, 2.45) is 0 Å². The molecule has 1 aromatic heterocycles. The quantitative estimate of drug-likeness (QED) is 0.124. The van der Waals surface area contributed by atoms with Gasteiger partial charge in [-0.15, -0.1) is 0 Å². The zero-order valence-corrected chi connectivity index (χ0v) is 26.0. The molecule has 8 nitrogen and oxygen atoms in total. The smallest absolute Gasteiger partial charge is 0.268 e. The molecule has 1 aliphatic rings. The first-order chi connectivity index (χ1) is 19.5. The first-order valence-electron chi connectivity index (χ1n) is 14.1. The van der Waals surface area contributed by atoms with E-state index in [0.29, 0.717) is 43.6 Å². The normalized spacial score (nSPS) is 15.7. The fraction of sp³-hybridized carbons (Fsp3) is 0.438. The van der Waals surface area contributed by atoms with E-state index in [9.17, 15) is 4.79 Å². The van der Waals surface area contributed by atoms with Crippen molar-refractivity contribution >= 4 is 19.7 Å². The van der Waals surface area contributed by atoms with Crippen LogP contribution in [0.4, 0.5) is 5.69 Å². The lowest BCUT2D eigenvalue weighted by Gasteiger charge is -2.26. The third-order valence-corrected chi connectivity index (χ3v) is 8.53. The van der Waals surface area contributed by atoms with Crippen LogP contribution in [-0.2, 0) is 14.3 Å². The van der Waals surface area contributed by atoms with Crippen LogP contribution in [0.2, 0.25) is 25.7 Å². The Morgan fingerprint density at radius 3 is 2.46 bits per heavy atom. The fourth-order valence-electron chi connectivity index (χ4n) is 4.29. The highest BCUT2D eigenvalue weighted by Gasteiger charge is 2.35. The molecule has 0 radical (unpaired) electrons. The van der Waals surface area contributed by atoms with E-state index in [2.05, 4.69) is 24.6 Å². The Kier molecular flexibility index (Phi) is 10.1. The molecule has 0 N–H and O–H groups in total. The van der Waals surface area contributed by atoms with Crippen LogP contribution in [0.3, 0.4) is 0 Å². The van der Waals surface area contributed by atoms with Gasteiger partial charge in [0.05, 0.1) is 12.7 Å². The van der Waals surface area contributed by atoms with Gasteiger partial charge >= 0.3 is 0 Å². The van der Waals surface area contributed by atoms with Crippen LogP contribution in [0.1, 0.15) is 20.3 Å². The molecule has 0 aliphatic carbocycles. The maximum absolute atomic E-state index is 13.2. The highest BCUT2D eigenvalue weighted by Crippen LogP contribution is 2.34. The molecule has 0 saturated carbocycles. The first-order valence-corrected chi connectivity index (χ1v) is 17.8. The van der Waals surface area contributed by atoms with Crippen LogP contribution >= 0.6 is 0 Å². The molecule has 41 heavy (non-hydrogen) atoms. The van der Waals surface area contributed by atoms with Crippen LogP contribution in [0, 0.1) is 0 Å². The van der Waals surface area contributed by atoms with E-state index >= 15 is 0 Å². The zero-order valence-electron chi connectivity index (χ0n) is 25.0. The Hall–Kier alpha value is -3.40. The van der Waals surface area contributed by atoms with E-state index in [4.69, 9.17) is 23.7 Å². The van der Waals surface area contributed by atoms with Crippen molar-refractivity contribution in [1.82, 2.24) is 4.98 Å². The lowest BCUT2D eigenvalue weighted by atomic mass is 10.1. The number of anilines is 1. The van der Waals surface area contributed by atoms with E-state index in [-0.39, 0.29) is 12.7 Å². The number of methoxy groups -OCH3 is 1. The minimum Gasteiger partial charge on any atom is -0.493 e. The molecule has 1 saturated heterocycles. The van der Waals surface area contributed by atoms with Gasteiger partial charge in [-0.2, -0.15) is 0 Å². The van der Waals surface area contributed by atoms with Crippen molar-refractivity contribution in [2.75, 3.05) is 38.6 Å². The minimum absolute atomic E-state index is 0.113. The second-order valence-electron chi connectivity index (χ2n) is 12.0. The van der Waals surface area contributed by atoms with Gasteiger partial charge in [0, 0.05) is 57.2 Å². The van der Waals surface area contributed by atoms with Crippen LogP contribution < -0.4 is 19.1 Å². The molecule has 0 bridgehead atoms. The van der Waals surface area contributed by atoms with Gasteiger partial charge in [-0.05, 0) is 43.7 Å².